The minimum atomic E-state index is -0.516. The number of carbonyl (C=O) groups excluding carboxylic acids is 3. The summed E-state index contributed by atoms with van der Waals surface area (Å²) in [6.45, 7) is 0.113. The number of para-hydroxylation sites is 1. The molecule has 138 valence electrons. The number of halogens is 1. The van der Waals surface area contributed by atoms with Gasteiger partial charge in [0.15, 0.2) is 0 Å². The lowest BCUT2D eigenvalue weighted by Gasteiger charge is -2.14. The summed E-state index contributed by atoms with van der Waals surface area (Å²) in [5, 5.41) is 2.51. The number of rotatable bonds is 4. The molecule has 0 bridgehead atoms. The molecule has 3 aromatic rings. The van der Waals surface area contributed by atoms with Gasteiger partial charge in [-0.2, -0.15) is 0 Å². The molecule has 1 N–H and O–H groups in total. The fourth-order valence-electron chi connectivity index (χ4n) is 3.08. The molecular formula is C22H15FN2O3. The van der Waals surface area contributed by atoms with Crippen molar-refractivity contribution in [1.29, 1.82) is 0 Å². The average Bonchev–Trinajstić information content (AvgIpc) is 2.95. The maximum Gasteiger partial charge on any atom is 0.261 e. The van der Waals surface area contributed by atoms with Gasteiger partial charge in [-0.1, -0.05) is 36.4 Å². The lowest BCUT2D eigenvalue weighted by atomic mass is 10.1. The number of nitrogens with zero attached hydrogens (tertiary/aromatic N) is 1. The Morgan fingerprint density at radius 1 is 0.821 bits per heavy atom. The Bertz CT molecular complexity index is 1060. The molecule has 0 fully saturated rings. The molecule has 5 nitrogen and oxygen atoms in total. The number of nitrogens with one attached hydrogen (secondary N) is 1. The standard InChI is InChI=1S/C22H15FN2O3/c23-18-7-3-4-8-19(18)24-20(26)15-11-9-14(10-12-15)13-25-21(27)16-5-1-2-6-17(16)22(25)28/h1-12H,13H2,(H,24,26). The van der Waals surface area contributed by atoms with Crippen LogP contribution in [0.15, 0.2) is 72.8 Å². The second-order valence-corrected chi connectivity index (χ2v) is 6.37. The van der Waals surface area contributed by atoms with Gasteiger partial charge in [0.05, 0.1) is 23.4 Å². The van der Waals surface area contributed by atoms with Crippen molar-refractivity contribution < 1.29 is 18.8 Å². The number of benzene rings is 3. The predicted molar refractivity (Wildman–Crippen MR) is 101 cm³/mol. The summed E-state index contributed by atoms with van der Waals surface area (Å²) in [4.78, 5) is 38.3. The van der Waals surface area contributed by atoms with Crippen molar-refractivity contribution in [1.82, 2.24) is 4.90 Å². The molecule has 0 atom stereocenters. The van der Waals surface area contributed by atoms with E-state index in [0.717, 1.165) is 0 Å². The van der Waals surface area contributed by atoms with Gasteiger partial charge in [0.25, 0.3) is 17.7 Å². The van der Waals surface area contributed by atoms with Crippen LogP contribution in [0, 0.1) is 5.82 Å². The van der Waals surface area contributed by atoms with E-state index in [1.54, 1.807) is 60.7 Å². The molecule has 0 radical (unpaired) electrons. The Balaban J connectivity index is 1.47. The molecule has 1 aliphatic rings. The molecule has 0 spiro atoms. The minimum absolute atomic E-state index is 0.0996. The van der Waals surface area contributed by atoms with Crippen LogP contribution in [0.25, 0.3) is 0 Å². The highest BCUT2D eigenvalue weighted by Crippen LogP contribution is 2.24. The number of anilines is 1. The molecule has 0 unspecified atom stereocenters. The topological polar surface area (TPSA) is 66.5 Å². The van der Waals surface area contributed by atoms with E-state index in [-0.39, 0.29) is 24.0 Å². The average molecular weight is 374 g/mol. The van der Waals surface area contributed by atoms with Crippen molar-refractivity contribution >= 4 is 23.4 Å². The molecule has 6 heteroatoms. The van der Waals surface area contributed by atoms with Crippen LogP contribution in [0.3, 0.4) is 0 Å². The lowest BCUT2D eigenvalue weighted by Crippen LogP contribution is -2.29. The van der Waals surface area contributed by atoms with Crippen molar-refractivity contribution in [2.75, 3.05) is 5.32 Å². The number of hydrogen-bond acceptors (Lipinski definition) is 3. The molecule has 1 aliphatic heterocycles. The Kier molecular flexibility index (Phi) is 4.45. The molecule has 28 heavy (non-hydrogen) atoms. The zero-order valence-corrected chi connectivity index (χ0v) is 14.7. The monoisotopic (exact) mass is 374 g/mol. The van der Waals surface area contributed by atoms with Gasteiger partial charge < -0.3 is 5.32 Å². The van der Waals surface area contributed by atoms with E-state index in [1.165, 1.54) is 17.0 Å². The molecule has 4 rings (SSSR count). The van der Waals surface area contributed by atoms with Gasteiger partial charge in [-0.3, -0.25) is 19.3 Å². The Morgan fingerprint density at radius 3 is 2.00 bits per heavy atom. The van der Waals surface area contributed by atoms with Gasteiger partial charge >= 0.3 is 0 Å². The van der Waals surface area contributed by atoms with Crippen molar-refractivity contribution in [3.05, 3.63) is 101 Å². The van der Waals surface area contributed by atoms with Gasteiger partial charge in [-0.15, -0.1) is 0 Å². The van der Waals surface area contributed by atoms with Crippen molar-refractivity contribution in [2.45, 2.75) is 6.54 Å². The van der Waals surface area contributed by atoms with Gasteiger partial charge in [-0.05, 0) is 42.0 Å². The molecule has 1 heterocycles. The third-order valence-corrected chi connectivity index (χ3v) is 4.56. The van der Waals surface area contributed by atoms with Crippen LogP contribution in [-0.4, -0.2) is 22.6 Å². The first kappa shape index (κ1) is 17.6. The normalized spacial score (nSPS) is 12.8. The van der Waals surface area contributed by atoms with Gasteiger partial charge in [0.2, 0.25) is 0 Å². The smallest absolute Gasteiger partial charge is 0.261 e. The number of carbonyl (C=O) groups is 3. The van der Waals surface area contributed by atoms with E-state index >= 15 is 0 Å². The SMILES string of the molecule is O=C(Nc1ccccc1F)c1ccc(CN2C(=O)c3ccccc3C2=O)cc1. The van der Waals surface area contributed by atoms with Crippen LogP contribution in [0.4, 0.5) is 10.1 Å². The van der Waals surface area contributed by atoms with Crippen LogP contribution in [0.1, 0.15) is 36.6 Å². The first-order valence-corrected chi connectivity index (χ1v) is 8.64. The van der Waals surface area contributed by atoms with Crippen LogP contribution in [-0.2, 0) is 6.54 Å². The number of hydrogen-bond donors (Lipinski definition) is 1. The largest absolute Gasteiger partial charge is 0.319 e. The zero-order chi connectivity index (χ0) is 19.7. The Morgan fingerprint density at radius 2 is 1.39 bits per heavy atom. The van der Waals surface area contributed by atoms with Gasteiger partial charge in [0.1, 0.15) is 5.82 Å². The first-order valence-electron chi connectivity index (χ1n) is 8.64. The number of imide groups is 1. The fraction of sp³-hybridized carbons (Fsp3) is 0.0455. The maximum atomic E-state index is 13.7. The summed E-state index contributed by atoms with van der Waals surface area (Å²) in [7, 11) is 0. The summed E-state index contributed by atoms with van der Waals surface area (Å²) in [6.07, 6.45) is 0. The van der Waals surface area contributed by atoms with E-state index in [0.29, 0.717) is 22.3 Å². The van der Waals surface area contributed by atoms with E-state index in [1.807, 2.05) is 0 Å². The summed E-state index contributed by atoms with van der Waals surface area (Å²) in [5.74, 6) is -1.63. The molecule has 0 saturated carbocycles. The second kappa shape index (κ2) is 7.08. The molecule has 0 aromatic heterocycles. The summed E-state index contributed by atoms with van der Waals surface area (Å²) < 4.78 is 13.7. The maximum absolute atomic E-state index is 13.7. The van der Waals surface area contributed by atoms with Crippen molar-refractivity contribution in [2.24, 2.45) is 0 Å². The van der Waals surface area contributed by atoms with Gasteiger partial charge in [-0.25, -0.2) is 4.39 Å². The van der Waals surface area contributed by atoms with Crippen LogP contribution in [0.2, 0.25) is 0 Å². The summed E-state index contributed by atoms with van der Waals surface area (Å²) in [5.41, 5.74) is 1.94. The fourth-order valence-corrected chi connectivity index (χ4v) is 3.08. The molecular weight excluding hydrogens is 359 g/mol. The summed E-state index contributed by atoms with van der Waals surface area (Å²) in [6, 6.07) is 19.1. The highest BCUT2D eigenvalue weighted by Gasteiger charge is 2.34. The predicted octanol–water partition coefficient (Wildman–Crippen LogP) is 3.87. The summed E-state index contributed by atoms with van der Waals surface area (Å²) >= 11 is 0. The minimum Gasteiger partial charge on any atom is -0.319 e. The van der Waals surface area contributed by atoms with E-state index in [4.69, 9.17) is 0 Å². The quantitative estimate of drug-likeness (QED) is 0.705. The zero-order valence-electron chi connectivity index (χ0n) is 14.7. The van der Waals surface area contributed by atoms with E-state index in [9.17, 15) is 18.8 Å². The highest BCUT2D eigenvalue weighted by molar-refractivity contribution is 6.21. The molecule has 0 aliphatic carbocycles. The van der Waals surface area contributed by atoms with Crippen molar-refractivity contribution in [3.63, 3.8) is 0 Å². The van der Waals surface area contributed by atoms with Crippen molar-refractivity contribution in [3.8, 4) is 0 Å². The third-order valence-electron chi connectivity index (χ3n) is 4.56. The Hall–Kier alpha value is -3.80. The second-order valence-electron chi connectivity index (χ2n) is 6.37. The third kappa shape index (κ3) is 3.16. The van der Waals surface area contributed by atoms with E-state index in [2.05, 4.69) is 5.32 Å². The van der Waals surface area contributed by atoms with Crippen LogP contribution in [0.5, 0.6) is 0 Å². The highest BCUT2D eigenvalue weighted by atomic mass is 19.1. The van der Waals surface area contributed by atoms with Crippen LogP contribution < -0.4 is 5.32 Å². The van der Waals surface area contributed by atoms with E-state index < -0.39 is 11.7 Å². The number of fused-ring (bicyclic) bond motifs is 1. The van der Waals surface area contributed by atoms with Crippen LogP contribution >= 0.6 is 0 Å². The van der Waals surface area contributed by atoms with Gasteiger partial charge in [0, 0.05) is 5.56 Å². The Labute approximate surface area is 160 Å². The number of amides is 3. The molecule has 0 saturated heterocycles. The first-order chi connectivity index (χ1) is 13.5. The lowest BCUT2D eigenvalue weighted by molar-refractivity contribution is 0.0642. The molecule has 3 amide bonds. The molecule has 3 aromatic carbocycles.